The summed E-state index contributed by atoms with van der Waals surface area (Å²) in [6.45, 7) is 25.4. The van der Waals surface area contributed by atoms with Crippen molar-refractivity contribution < 1.29 is 33.5 Å². The number of ether oxygens (including phenoxy) is 5. The van der Waals surface area contributed by atoms with Crippen LogP contribution in [0, 0.1) is 0 Å². The molecule has 0 saturated heterocycles. The molecule has 212 valence electrons. The second-order valence-corrected chi connectivity index (χ2v) is 11.1. The molecule has 0 saturated carbocycles. The Morgan fingerprint density at radius 2 is 1.29 bits per heavy atom. The van der Waals surface area contributed by atoms with E-state index in [9.17, 15) is 0 Å². The summed E-state index contributed by atoms with van der Waals surface area (Å²) in [7, 11) is 0. The molecule has 0 amide bonds. The topological polar surface area (TPSA) is 64.6 Å². The fourth-order valence-electron chi connectivity index (χ4n) is 3.57. The van der Waals surface area contributed by atoms with Gasteiger partial charge in [0.15, 0.2) is 0 Å². The number of unbranched alkanes of at least 4 members (excludes halogenated alkanes) is 3. The van der Waals surface area contributed by atoms with Gasteiger partial charge in [-0.3, -0.25) is 0 Å². The molecule has 35 heavy (non-hydrogen) atoms. The second kappa shape index (κ2) is 16.5. The van der Waals surface area contributed by atoms with Crippen molar-refractivity contribution in [2.75, 3.05) is 19.8 Å². The van der Waals surface area contributed by atoms with Crippen LogP contribution in [-0.2, 0) is 33.5 Å². The summed E-state index contributed by atoms with van der Waals surface area (Å²) in [5.41, 5.74) is -1.70. The first-order valence-electron chi connectivity index (χ1n) is 13.9. The van der Waals surface area contributed by atoms with E-state index >= 15 is 0 Å². The molecule has 0 aliphatic heterocycles. The summed E-state index contributed by atoms with van der Waals surface area (Å²) in [6, 6.07) is 0. The van der Waals surface area contributed by atoms with Crippen molar-refractivity contribution in [1.29, 1.82) is 0 Å². The average molecular weight is 507 g/mol. The van der Waals surface area contributed by atoms with Crippen molar-refractivity contribution in [3.8, 4) is 0 Å². The lowest BCUT2D eigenvalue weighted by molar-refractivity contribution is -0.606. The first kappa shape index (κ1) is 34.7. The van der Waals surface area contributed by atoms with E-state index in [1.54, 1.807) is 0 Å². The fourth-order valence-corrected chi connectivity index (χ4v) is 3.57. The Bertz CT molecular complexity index is 532. The van der Waals surface area contributed by atoms with E-state index in [0.717, 1.165) is 44.9 Å². The van der Waals surface area contributed by atoms with Crippen molar-refractivity contribution in [3.63, 3.8) is 0 Å². The number of rotatable bonds is 21. The summed E-state index contributed by atoms with van der Waals surface area (Å²) in [5.74, 6) is -3.46. The Labute approximate surface area is 216 Å². The molecule has 0 aromatic carbocycles. The van der Waals surface area contributed by atoms with Crippen LogP contribution in [0.2, 0.25) is 0 Å². The van der Waals surface area contributed by atoms with E-state index in [0.29, 0.717) is 19.8 Å². The lowest BCUT2D eigenvalue weighted by Gasteiger charge is -2.55. The second-order valence-electron chi connectivity index (χ2n) is 11.1. The van der Waals surface area contributed by atoms with Gasteiger partial charge in [-0.25, -0.2) is 4.89 Å². The number of hydrogen-bond donors (Lipinski definition) is 0. The zero-order valence-electron chi connectivity index (χ0n) is 25.1. The van der Waals surface area contributed by atoms with E-state index < -0.39 is 23.0 Å². The van der Waals surface area contributed by atoms with Gasteiger partial charge in [0.05, 0.1) is 31.0 Å². The fraction of sp³-hybridized carbons (Fsp3) is 1.00. The van der Waals surface area contributed by atoms with Crippen LogP contribution in [0.1, 0.15) is 128 Å². The van der Waals surface area contributed by atoms with Crippen LogP contribution >= 0.6 is 0 Å². The minimum atomic E-state index is -1.86. The molecule has 0 aliphatic carbocycles. The van der Waals surface area contributed by atoms with Crippen LogP contribution < -0.4 is 0 Å². The van der Waals surface area contributed by atoms with E-state index in [-0.39, 0.29) is 12.2 Å². The largest absolute Gasteiger partial charge is 0.371 e. The van der Waals surface area contributed by atoms with Crippen molar-refractivity contribution in [2.24, 2.45) is 0 Å². The van der Waals surface area contributed by atoms with Crippen LogP contribution in [0.15, 0.2) is 0 Å². The van der Waals surface area contributed by atoms with Crippen LogP contribution in [0.4, 0.5) is 0 Å². The average Bonchev–Trinajstić information content (AvgIpc) is 2.75. The molecule has 3 atom stereocenters. The summed E-state index contributed by atoms with van der Waals surface area (Å²) in [6.07, 6.45) is 5.86. The van der Waals surface area contributed by atoms with Crippen LogP contribution in [0.5, 0.6) is 0 Å². The Morgan fingerprint density at radius 1 is 0.657 bits per heavy atom. The van der Waals surface area contributed by atoms with E-state index in [2.05, 4.69) is 27.7 Å². The molecule has 0 heterocycles. The lowest BCUT2D eigenvalue weighted by atomic mass is 9.92. The first-order chi connectivity index (χ1) is 16.3. The van der Waals surface area contributed by atoms with Gasteiger partial charge in [-0.05, 0) is 81.1 Å². The Balaban J connectivity index is 6.99. The zero-order chi connectivity index (χ0) is 27.2. The van der Waals surface area contributed by atoms with Crippen molar-refractivity contribution in [2.45, 2.75) is 163 Å². The molecule has 0 N–H and O–H groups in total. The van der Waals surface area contributed by atoms with Gasteiger partial charge in [-0.15, -0.1) is 0 Å². The van der Waals surface area contributed by atoms with E-state index in [1.165, 1.54) is 0 Å². The molecule has 0 bridgehead atoms. The van der Waals surface area contributed by atoms with Crippen molar-refractivity contribution >= 4 is 0 Å². The van der Waals surface area contributed by atoms with E-state index in [4.69, 9.17) is 33.5 Å². The lowest BCUT2D eigenvalue weighted by Crippen LogP contribution is -2.74. The minimum absolute atomic E-state index is 0.233. The summed E-state index contributed by atoms with van der Waals surface area (Å²) >= 11 is 0. The molecule has 3 unspecified atom stereocenters. The Morgan fingerprint density at radius 3 is 1.77 bits per heavy atom. The molecular formula is C28H58O7. The third-order valence-corrected chi connectivity index (χ3v) is 5.44. The predicted molar refractivity (Wildman–Crippen MR) is 141 cm³/mol. The van der Waals surface area contributed by atoms with Crippen LogP contribution in [0.25, 0.3) is 0 Å². The molecule has 0 aromatic rings. The highest BCUT2D eigenvalue weighted by Crippen LogP contribution is 2.47. The van der Waals surface area contributed by atoms with Crippen molar-refractivity contribution in [1.82, 2.24) is 0 Å². The molecule has 0 fully saturated rings. The highest BCUT2D eigenvalue weighted by atomic mass is 17.3. The van der Waals surface area contributed by atoms with Gasteiger partial charge in [0, 0.05) is 6.61 Å². The maximum Gasteiger partial charge on any atom is 0.371 e. The smallest absolute Gasteiger partial charge is 0.370 e. The quantitative estimate of drug-likeness (QED) is 0.0689. The van der Waals surface area contributed by atoms with Gasteiger partial charge in [-0.2, -0.15) is 4.89 Å². The molecule has 0 rings (SSSR count). The molecule has 7 nitrogen and oxygen atoms in total. The SMILES string of the molecule is CCCCCOOC(OC(C)CC)(OC(C)(C)C)C(OCCCC)(OC(C)C)C(C)(C)OCCC. The summed E-state index contributed by atoms with van der Waals surface area (Å²) < 4.78 is 33.1. The molecule has 0 aliphatic rings. The first-order valence-corrected chi connectivity index (χ1v) is 13.9. The monoisotopic (exact) mass is 506 g/mol. The van der Waals surface area contributed by atoms with Gasteiger partial charge in [-0.1, -0.05) is 47.0 Å². The Kier molecular flexibility index (Phi) is 16.4. The molecule has 0 radical (unpaired) electrons. The zero-order valence-corrected chi connectivity index (χ0v) is 25.1. The maximum atomic E-state index is 6.68. The normalized spacial score (nSPS) is 17.4. The van der Waals surface area contributed by atoms with Gasteiger partial charge in [0.25, 0.3) is 5.79 Å². The van der Waals surface area contributed by atoms with Crippen LogP contribution in [-0.4, -0.2) is 55.0 Å². The summed E-state index contributed by atoms with van der Waals surface area (Å²) in [4.78, 5) is 12.0. The molecule has 7 heteroatoms. The minimum Gasteiger partial charge on any atom is -0.370 e. The number of hydrogen-bond acceptors (Lipinski definition) is 7. The third kappa shape index (κ3) is 11.3. The maximum absolute atomic E-state index is 6.68. The van der Waals surface area contributed by atoms with Gasteiger partial charge >= 0.3 is 5.97 Å². The van der Waals surface area contributed by atoms with E-state index in [1.807, 2.05) is 55.4 Å². The highest BCUT2D eigenvalue weighted by molar-refractivity contribution is 4.99. The highest BCUT2D eigenvalue weighted by Gasteiger charge is 2.70. The molecule has 0 aromatic heterocycles. The third-order valence-electron chi connectivity index (χ3n) is 5.44. The van der Waals surface area contributed by atoms with Crippen LogP contribution in [0.3, 0.4) is 0 Å². The van der Waals surface area contributed by atoms with Crippen molar-refractivity contribution in [3.05, 3.63) is 0 Å². The standard InChI is InChI=1S/C28H58O7/c1-13-17-19-22-31-35-28(33-24(7)16-4,34-25(8,9)10)27(32-23(5)6,30-21-18-14-2)26(11,12)29-20-15-3/h23-24H,13-22H2,1-12H3. The van der Waals surface area contributed by atoms with Gasteiger partial charge < -0.3 is 23.7 Å². The molecular weight excluding hydrogens is 448 g/mol. The predicted octanol–water partition coefficient (Wildman–Crippen LogP) is 7.55. The van der Waals surface area contributed by atoms with Gasteiger partial charge in [0.2, 0.25) is 0 Å². The molecule has 0 spiro atoms. The Hall–Kier alpha value is -0.280. The van der Waals surface area contributed by atoms with Gasteiger partial charge in [0.1, 0.15) is 5.60 Å². The summed E-state index contributed by atoms with van der Waals surface area (Å²) in [5, 5.41) is 0.